The molecule has 0 aliphatic heterocycles. The fraction of sp³-hybridized carbons (Fsp3) is 0.192. The Morgan fingerprint density at radius 1 is 1.03 bits per heavy atom. The van der Waals surface area contributed by atoms with Gasteiger partial charge in [-0.1, -0.05) is 12.1 Å². The van der Waals surface area contributed by atoms with Gasteiger partial charge in [0.15, 0.2) is 23.1 Å². The van der Waals surface area contributed by atoms with Gasteiger partial charge < -0.3 is 20.7 Å². The van der Waals surface area contributed by atoms with Gasteiger partial charge in [0.2, 0.25) is 5.91 Å². The number of nitrogens with one attached hydrogen (secondary N) is 3. The second-order valence-corrected chi connectivity index (χ2v) is 8.26. The number of carbonyl (C=O) groups is 2. The van der Waals surface area contributed by atoms with Crippen LogP contribution in [0.3, 0.4) is 0 Å². The largest absolute Gasteiger partial charge is 0.494 e. The Kier molecular flexibility index (Phi) is 5.68. The predicted octanol–water partition coefficient (Wildman–Crippen LogP) is 3.46. The van der Waals surface area contributed by atoms with Crippen LogP contribution in [0.25, 0.3) is 22.5 Å². The summed E-state index contributed by atoms with van der Waals surface area (Å²) in [7, 11) is 1.47. The zero-order chi connectivity index (χ0) is 28.3. The average molecular weight is 500 g/mol. The first kappa shape index (κ1) is 20.3. The van der Waals surface area contributed by atoms with Crippen molar-refractivity contribution in [1.82, 2.24) is 30.5 Å². The number of ether oxygens (including phenoxy) is 1. The number of rotatable bonds is 8. The molecule has 0 bridgehead atoms. The zero-order valence-electron chi connectivity index (χ0n) is 22.7. The fourth-order valence-electron chi connectivity index (χ4n) is 3.68. The molecule has 11 nitrogen and oxygen atoms in total. The molecule has 1 aliphatic rings. The molecule has 3 heterocycles. The van der Waals surface area contributed by atoms with Gasteiger partial charge in [-0.05, 0) is 31.0 Å². The van der Waals surface area contributed by atoms with Crippen molar-refractivity contribution in [3.8, 4) is 28.3 Å². The second-order valence-electron chi connectivity index (χ2n) is 8.26. The zero-order valence-corrected chi connectivity index (χ0v) is 19.7. The number of hydrogen-bond acceptors (Lipinski definition) is 9. The Morgan fingerprint density at radius 3 is 2.57 bits per heavy atom. The van der Waals surface area contributed by atoms with Crippen LogP contribution in [0.1, 0.15) is 27.4 Å². The van der Waals surface area contributed by atoms with Gasteiger partial charge in [0.1, 0.15) is 0 Å². The molecule has 5 rings (SSSR count). The summed E-state index contributed by atoms with van der Waals surface area (Å²) in [6, 6.07) is 10.3. The van der Waals surface area contributed by atoms with E-state index in [0.717, 1.165) is 24.0 Å². The molecule has 4 aromatic rings. The highest BCUT2D eigenvalue weighted by Gasteiger charge is 2.30. The van der Waals surface area contributed by atoms with Crippen molar-refractivity contribution < 1.29 is 18.4 Å². The normalized spacial score (nSPS) is 14.0. The lowest BCUT2D eigenvalue weighted by atomic mass is 10.1. The van der Waals surface area contributed by atoms with E-state index < -0.39 is 12.9 Å². The van der Waals surface area contributed by atoms with Gasteiger partial charge in [0.25, 0.3) is 5.91 Å². The van der Waals surface area contributed by atoms with Gasteiger partial charge >= 0.3 is 0 Å². The van der Waals surface area contributed by atoms with E-state index in [0.29, 0.717) is 22.8 Å². The highest BCUT2D eigenvalue weighted by Crippen LogP contribution is 2.37. The molecule has 0 spiro atoms. The van der Waals surface area contributed by atoms with E-state index in [9.17, 15) is 9.59 Å². The van der Waals surface area contributed by atoms with Crippen molar-refractivity contribution in [2.24, 2.45) is 5.92 Å². The third-order valence-corrected chi connectivity index (χ3v) is 5.70. The predicted molar refractivity (Wildman–Crippen MR) is 137 cm³/mol. The maximum Gasteiger partial charge on any atom is 0.273 e. The number of anilines is 3. The van der Waals surface area contributed by atoms with E-state index in [1.807, 2.05) is 17.4 Å². The molecule has 1 fully saturated rings. The minimum atomic E-state index is -2.74. The summed E-state index contributed by atoms with van der Waals surface area (Å²) >= 11 is 0. The monoisotopic (exact) mass is 499 g/mol. The van der Waals surface area contributed by atoms with Gasteiger partial charge in [-0.25, -0.2) is 9.97 Å². The summed E-state index contributed by atoms with van der Waals surface area (Å²) in [6.07, 6.45) is 8.34. The summed E-state index contributed by atoms with van der Waals surface area (Å²) < 4.78 is 27.8. The summed E-state index contributed by atoms with van der Waals surface area (Å²) in [5, 5.41) is 15.5. The number of aromatic nitrogens is 5. The lowest BCUT2D eigenvalue weighted by Crippen LogP contribution is -2.22. The van der Waals surface area contributed by atoms with Crippen LogP contribution < -0.4 is 20.7 Å². The highest BCUT2D eigenvalue weighted by molar-refractivity contribution is 6.00. The molecule has 37 heavy (non-hydrogen) atoms. The minimum Gasteiger partial charge on any atom is -0.494 e. The molecular formula is C26H24N8O3. The first-order valence-corrected chi connectivity index (χ1v) is 11.4. The molecule has 0 saturated heterocycles. The molecule has 0 unspecified atom stereocenters. The fourth-order valence-corrected chi connectivity index (χ4v) is 3.68. The van der Waals surface area contributed by atoms with Crippen LogP contribution in [0.15, 0.2) is 61.2 Å². The van der Waals surface area contributed by atoms with Gasteiger partial charge in [0, 0.05) is 59.0 Å². The number of nitrogens with zero attached hydrogens (tertiary/aromatic N) is 5. The number of para-hydroxylation sites is 1. The van der Waals surface area contributed by atoms with Crippen molar-refractivity contribution in [2.45, 2.75) is 12.8 Å². The van der Waals surface area contributed by atoms with Gasteiger partial charge in [-0.15, -0.1) is 10.2 Å². The summed E-state index contributed by atoms with van der Waals surface area (Å²) in [6.45, 7) is -2.74. The lowest BCUT2D eigenvalue weighted by molar-refractivity contribution is -0.117. The molecule has 11 heteroatoms. The quantitative estimate of drug-likeness (QED) is 0.332. The average Bonchev–Trinajstić information content (AvgIpc) is 3.79. The van der Waals surface area contributed by atoms with E-state index in [2.05, 4.69) is 35.8 Å². The Morgan fingerprint density at radius 2 is 1.86 bits per heavy atom. The summed E-state index contributed by atoms with van der Waals surface area (Å²) in [5.41, 5.74) is 2.45. The van der Waals surface area contributed by atoms with Crippen LogP contribution >= 0.6 is 0 Å². The van der Waals surface area contributed by atoms with Crippen LogP contribution in [0.4, 0.5) is 17.2 Å². The molecular weight excluding hydrogens is 472 g/mol. The molecule has 2 amide bonds. The third-order valence-electron chi connectivity index (χ3n) is 5.70. The molecule has 186 valence electrons. The molecule has 3 aromatic heterocycles. The Hall–Kier alpha value is -4.93. The Bertz CT molecular complexity index is 1550. The van der Waals surface area contributed by atoms with Crippen LogP contribution in [0.2, 0.25) is 0 Å². The molecule has 1 saturated carbocycles. The Balaban J connectivity index is 1.49. The maximum absolute atomic E-state index is 12.8. The van der Waals surface area contributed by atoms with E-state index in [-0.39, 0.29) is 29.0 Å². The number of carbonyl (C=O) groups excluding carboxylic acids is 2. The lowest BCUT2D eigenvalue weighted by Gasteiger charge is -2.16. The van der Waals surface area contributed by atoms with E-state index in [1.54, 1.807) is 43.0 Å². The van der Waals surface area contributed by atoms with E-state index >= 15 is 0 Å². The van der Waals surface area contributed by atoms with Crippen LogP contribution in [0.5, 0.6) is 5.75 Å². The number of pyridine rings is 1. The molecule has 0 atom stereocenters. The second kappa shape index (κ2) is 10.4. The van der Waals surface area contributed by atoms with Crippen molar-refractivity contribution in [3.05, 3.63) is 66.9 Å². The Labute approximate surface area is 217 Å². The van der Waals surface area contributed by atoms with Crippen LogP contribution in [-0.2, 0) is 4.79 Å². The van der Waals surface area contributed by atoms with Crippen molar-refractivity contribution in [2.75, 3.05) is 24.7 Å². The number of hydrogen-bond donors (Lipinski definition) is 3. The number of methoxy groups -OCH3 is 1. The van der Waals surface area contributed by atoms with Crippen molar-refractivity contribution >= 4 is 29.0 Å². The van der Waals surface area contributed by atoms with Gasteiger partial charge in [0.05, 0.1) is 24.0 Å². The maximum atomic E-state index is 12.8. The molecule has 1 aliphatic carbocycles. The van der Waals surface area contributed by atoms with Gasteiger partial charge in [-0.3, -0.25) is 14.6 Å². The standard InChI is InChI=1S/C26H24N8O3/c1-27-26(36)22-20(11-21(33-34-22)32-25(35)15-8-9-15)31-19-7-3-6-18(23(19)37-2)24-29-13-17(14-30-24)16-5-4-10-28-12-16/h3-7,10-15H,8-9H2,1-2H3,(H,27,36)(H2,31,32,33,35)/i1D3. The molecule has 0 radical (unpaired) electrons. The summed E-state index contributed by atoms with van der Waals surface area (Å²) in [5.74, 6) is -0.406. The van der Waals surface area contributed by atoms with Crippen LogP contribution in [-0.4, -0.2) is 51.0 Å². The van der Waals surface area contributed by atoms with Crippen molar-refractivity contribution in [3.63, 3.8) is 0 Å². The van der Waals surface area contributed by atoms with Crippen molar-refractivity contribution in [1.29, 1.82) is 0 Å². The highest BCUT2D eigenvalue weighted by atomic mass is 16.5. The topological polar surface area (TPSA) is 144 Å². The minimum absolute atomic E-state index is 0.0851. The van der Waals surface area contributed by atoms with E-state index in [4.69, 9.17) is 8.85 Å². The SMILES string of the molecule is [2H]C([2H])([2H])NC(=O)c1nnc(NC(=O)C2CC2)cc1Nc1cccc(-c2ncc(-c3cccnc3)cn2)c1OC. The first-order valence-electron chi connectivity index (χ1n) is 12.9. The first-order chi connectivity index (χ1) is 19.2. The molecule has 1 aromatic carbocycles. The molecule has 3 N–H and O–H groups in total. The summed E-state index contributed by atoms with van der Waals surface area (Å²) in [4.78, 5) is 38.1. The number of benzene rings is 1. The third kappa shape index (κ3) is 5.20. The van der Waals surface area contributed by atoms with E-state index in [1.165, 1.54) is 13.2 Å². The van der Waals surface area contributed by atoms with Gasteiger partial charge in [-0.2, -0.15) is 0 Å². The smallest absolute Gasteiger partial charge is 0.273 e. The number of amides is 2. The van der Waals surface area contributed by atoms with Crippen LogP contribution in [0, 0.1) is 5.92 Å².